The summed E-state index contributed by atoms with van der Waals surface area (Å²) in [7, 11) is 1.56. The van der Waals surface area contributed by atoms with Gasteiger partial charge in [-0.3, -0.25) is 9.48 Å². The van der Waals surface area contributed by atoms with Gasteiger partial charge < -0.3 is 10.1 Å². The molecular formula is C18H20F3N3O3. The Morgan fingerprint density at radius 2 is 1.96 bits per heavy atom. The van der Waals surface area contributed by atoms with Crippen molar-refractivity contribution in [1.29, 1.82) is 0 Å². The summed E-state index contributed by atoms with van der Waals surface area (Å²) in [5, 5.41) is 6.75. The van der Waals surface area contributed by atoms with Crippen LogP contribution in [-0.2, 0) is 35.6 Å². The number of rotatable bonds is 6. The van der Waals surface area contributed by atoms with Crippen LogP contribution in [0.25, 0.3) is 0 Å². The lowest BCUT2D eigenvalue weighted by Gasteiger charge is -2.10. The van der Waals surface area contributed by atoms with Crippen LogP contribution in [0.1, 0.15) is 41.0 Å². The lowest BCUT2D eigenvalue weighted by atomic mass is 10.1. The van der Waals surface area contributed by atoms with Crippen LogP contribution in [0, 0.1) is 0 Å². The Bertz CT molecular complexity index is 844. The first-order valence-corrected chi connectivity index (χ1v) is 8.36. The zero-order chi connectivity index (χ0) is 20.2. The highest BCUT2D eigenvalue weighted by molar-refractivity contribution is 6.01. The molecule has 0 aliphatic heterocycles. The minimum Gasteiger partial charge on any atom is -0.462 e. The third-order valence-electron chi connectivity index (χ3n) is 3.81. The zero-order valence-electron chi connectivity index (χ0n) is 15.2. The summed E-state index contributed by atoms with van der Waals surface area (Å²) in [5.41, 5.74) is -0.00345. The Labute approximate surface area is 154 Å². The Hall–Kier alpha value is -2.84. The Kier molecular flexibility index (Phi) is 6.24. The average molecular weight is 383 g/mol. The largest absolute Gasteiger partial charge is 0.462 e. The topological polar surface area (TPSA) is 73.2 Å². The molecule has 0 bridgehead atoms. The molecule has 1 aromatic heterocycles. The Morgan fingerprint density at radius 3 is 2.56 bits per heavy atom. The number of nitrogens with zero attached hydrogens (tertiary/aromatic N) is 2. The van der Waals surface area contributed by atoms with Crippen LogP contribution in [0.15, 0.2) is 24.3 Å². The molecule has 0 aliphatic carbocycles. The van der Waals surface area contributed by atoms with E-state index in [9.17, 15) is 22.8 Å². The number of hydrogen-bond acceptors (Lipinski definition) is 4. The van der Waals surface area contributed by atoms with Gasteiger partial charge in [-0.05, 0) is 25.0 Å². The van der Waals surface area contributed by atoms with Crippen LogP contribution in [-0.4, -0.2) is 28.3 Å². The molecule has 0 aliphatic rings. The predicted octanol–water partition coefficient (Wildman–Crippen LogP) is 3.36. The number of nitrogens with one attached hydrogen (secondary N) is 1. The number of carbonyl (C=O) groups excluding carboxylic acids is 2. The van der Waals surface area contributed by atoms with Crippen molar-refractivity contribution < 1.29 is 27.5 Å². The molecule has 0 atom stereocenters. The maximum atomic E-state index is 12.8. The van der Waals surface area contributed by atoms with Crippen molar-refractivity contribution in [2.45, 2.75) is 32.9 Å². The molecule has 1 N–H and O–H groups in total. The predicted molar refractivity (Wildman–Crippen MR) is 92.3 cm³/mol. The molecule has 27 heavy (non-hydrogen) atoms. The normalized spacial score (nSPS) is 11.3. The van der Waals surface area contributed by atoms with Crippen molar-refractivity contribution in [2.24, 2.45) is 7.05 Å². The number of amides is 1. The number of aromatic nitrogens is 2. The van der Waals surface area contributed by atoms with Crippen molar-refractivity contribution in [2.75, 3.05) is 11.9 Å². The number of benzene rings is 1. The number of carbonyl (C=O) groups is 2. The molecule has 0 spiro atoms. The fourth-order valence-corrected chi connectivity index (χ4v) is 2.61. The van der Waals surface area contributed by atoms with Crippen LogP contribution in [0.5, 0.6) is 0 Å². The first-order chi connectivity index (χ1) is 12.7. The second kappa shape index (κ2) is 8.24. The minimum atomic E-state index is -4.48. The highest BCUT2D eigenvalue weighted by atomic mass is 19.4. The lowest BCUT2D eigenvalue weighted by Crippen LogP contribution is -2.19. The van der Waals surface area contributed by atoms with E-state index in [0.717, 1.165) is 12.1 Å². The minimum absolute atomic E-state index is 0.152. The summed E-state index contributed by atoms with van der Waals surface area (Å²) < 4.78 is 44.7. The van der Waals surface area contributed by atoms with Gasteiger partial charge in [0.05, 0.1) is 24.3 Å². The number of alkyl halides is 3. The molecular weight excluding hydrogens is 363 g/mol. The van der Waals surface area contributed by atoms with Gasteiger partial charge in [-0.2, -0.15) is 18.3 Å². The first kappa shape index (κ1) is 20.5. The van der Waals surface area contributed by atoms with Crippen LogP contribution >= 0.6 is 0 Å². The van der Waals surface area contributed by atoms with Crippen LogP contribution in [0.4, 0.5) is 19.0 Å². The molecule has 6 nitrogen and oxygen atoms in total. The van der Waals surface area contributed by atoms with Crippen molar-refractivity contribution in [1.82, 2.24) is 9.78 Å². The van der Waals surface area contributed by atoms with Gasteiger partial charge in [0, 0.05) is 7.05 Å². The number of halogens is 3. The quantitative estimate of drug-likeness (QED) is 0.777. The molecule has 2 aromatic rings. The number of ether oxygens (including phenoxy) is 1. The van der Waals surface area contributed by atoms with Gasteiger partial charge in [0.2, 0.25) is 5.91 Å². The first-order valence-electron chi connectivity index (χ1n) is 8.36. The third kappa shape index (κ3) is 4.87. The summed E-state index contributed by atoms with van der Waals surface area (Å²) in [6.07, 6.45) is -4.31. The number of anilines is 1. The van der Waals surface area contributed by atoms with E-state index in [0.29, 0.717) is 12.1 Å². The third-order valence-corrected chi connectivity index (χ3v) is 3.81. The van der Waals surface area contributed by atoms with Crippen LogP contribution in [0.2, 0.25) is 0 Å². The molecule has 0 radical (unpaired) electrons. The molecule has 1 heterocycles. The SMILES string of the molecule is CCOC(=O)c1c(CC)nn(C)c1NC(=O)Cc1cccc(C(F)(F)F)c1. The summed E-state index contributed by atoms with van der Waals surface area (Å²) in [4.78, 5) is 24.5. The van der Waals surface area contributed by atoms with E-state index in [1.807, 2.05) is 0 Å². The number of esters is 1. The standard InChI is InChI=1S/C18H20F3N3O3/c1-4-13-15(17(26)27-5-2)16(24(3)23-13)22-14(25)10-11-7-6-8-12(9-11)18(19,20)21/h6-9H,4-5,10H2,1-3H3,(H,22,25). The maximum absolute atomic E-state index is 12.8. The zero-order valence-corrected chi connectivity index (χ0v) is 15.2. The molecule has 0 fully saturated rings. The number of hydrogen-bond donors (Lipinski definition) is 1. The van der Waals surface area contributed by atoms with Gasteiger partial charge >= 0.3 is 12.1 Å². The molecule has 0 saturated heterocycles. The second-order valence-electron chi connectivity index (χ2n) is 5.79. The average Bonchev–Trinajstić information content (AvgIpc) is 2.90. The van der Waals surface area contributed by atoms with Crippen LogP contribution in [0.3, 0.4) is 0 Å². The van der Waals surface area contributed by atoms with E-state index >= 15 is 0 Å². The van der Waals surface area contributed by atoms with Gasteiger partial charge in [0.1, 0.15) is 11.4 Å². The summed E-state index contributed by atoms with van der Waals surface area (Å²) in [5.74, 6) is -1.02. The highest BCUT2D eigenvalue weighted by Gasteiger charge is 2.30. The van der Waals surface area contributed by atoms with Gasteiger partial charge in [0.25, 0.3) is 0 Å². The van der Waals surface area contributed by atoms with Crippen molar-refractivity contribution in [3.63, 3.8) is 0 Å². The van der Waals surface area contributed by atoms with Crippen molar-refractivity contribution >= 4 is 17.7 Å². The summed E-state index contributed by atoms with van der Waals surface area (Å²) >= 11 is 0. The van der Waals surface area contributed by atoms with E-state index in [1.165, 1.54) is 16.8 Å². The molecule has 1 amide bonds. The fourth-order valence-electron chi connectivity index (χ4n) is 2.61. The molecule has 1 aromatic carbocycles. The van der Waals surface area contributed by atoms with E-state index in [1.54, 1.807) is 20.9 Å². The van der Waals surface area contributed by atoms with Gasteiger partial charge in [-0.1, -0.05) is 25.1 Å². The Morgan fingerprint density at radius 1 is 1.26 bits per heavy atom. The van der Waals surface area contributed by atoms with Gasteiger partial charge in [-0.25, -0.2) is 4.79 Å². The van der Waals surface area contributed by atoms with E-state index < -0.39 is 23.6 Å². The summed E-state index contributed by atoms with van der Waals surface area (Å²) in [6, 6.07) is 4.54. The smallest absolute Gasteiger partial charge is 0.416 e. The number of aryl methyl sites for hydroxylation is 2. The molecule has 0 unspecified atom stereocenters. The maximum Gasteiger partial charge on any atom is 0.416 e. The van der Waals surface area contributed by atoms with E-state index in [-0.39, 0.29) is 30.0 Å². The molecule has 146 valence electrons. The van der Waals surface area contributed by atoms with Crippen molar-refractivity contribution in [3.8, 4) is 0 Å². The monoisotopic (exact) mass is 383 g/mol. The fraction of sp³-hybridized carbons (Fsp3) is 0.389. The van der Waals surface area contributed by atoms with Gasteiger partial charge in [-0.15, -0.1) is 0 Å². The highest BCUT2D eigenvalue weighted by Crippen LogP contribution is 2.29. The Balaban J connectivity index is 2.24. The van der Waals surface area contributed by atoms with Gasteiger partial charge in [0.15, 0.2) is 0 Å². The van der Waals surface area contributed by atoms with E-state index in [2.05, 4.69) is 10.4 Å². The van der Waals surface area contributed by atoms with E-state index in [4.69, 9.17) is 4.74 Å². The second-order valence-corrected chi connectivity index (χ2v) is 5.79. The van der Waals surface area contributed by atoms with Crippen LogP contribution < -0.4 is 5.32 Å². The lowest BCUT2D eigenvalue weighted by molar-refractivity contribution is -0.137. The molecule has 2 rings (SSSR count). The molecule has 0 saturated carbocycles. The molecule has 9 heteroatoms. The van der Waals surface area contributed by atoms with Crippen molar-refractivity contribution in [3.05, 3.63) is 46.6 Å². The summed E-state index contributed by atoms with van der Waals surface area (Å²) in [6.45, 7) is 3.62.